The van der Waals surface area contributed by atoms with Crippen LogP contribution in [0, 0.1) is 5.82 Å². The topological polar surface area (TPSA) is 60.0 Å². The lowest BCUT2D eigenvalue weighted by Gasteiger charge is -2.26. The molecule has 1 amide bonds. The van der Waals surface area contributed by atoms with E-state index in [1.165, 1.54) is 12.1 Å². The first-order valence-corrected chi connectivity index (χ1v) is 9.11. The fraction of sp³-hybridized carbons (Fsp3) is 0.579. The van der Waals surface area contributed by atoms with Crippen LogP contribution in [-0.4, -0.2) is 68.5 Å². The molecule has 1 saturated heterocycles. The molecule has 0 radical (unpaired) electrons. The molecule has 2 unspecified atom stereocenters. The van der Waals surface area contributed by atoms with Crippen molar-refractivity contribution < 1.29 is 9.18 Å². The number of benzene rings is 1. The molecule has 26 heavy (non-hydrogen) atoms. The molecule has 1 aliphatic heterocycles. The van der Waals surface area contributed by atoms with Gasteiger partial charge in [0, 0.05) is 39.1 Å². The Morgan fingerprint density at radius 2 is 2.08 bits per heavy atom. The molecule has 2 rings (SSSR count). The monoisotopic (exact) mass is 363 g/mol. The molecule has 1 aromatic carbocycles. The third-order valence-electron chi connectivity index (χ3n) is 4.75. The summed E-state index contributed by atoms with van der Waals surface area (Å²) >= 11 is 0. The molecule has 6 nitrogen and oxygen atoms in total. The van der Waals surface area contributed by atoms with E-state index in [2.05, 4.69) is 20.5 Å². The Labute approximate surface area is 155 Å². The van der Waals surface area contributed by atoms with Crippen LogP contribution < -0.4 is 10.6 Å². The van der Waals surface area contributed by atoms with Gasteiger partial charge in [-0.15, -0.1) is 0 Å². The highest BCUT2D eigenvalue weighted by Crippen LogP contribution is 2.18. The van der Waals surface area contributed by atoms with Crippen LogP contribution >= 0.6 is 0 Å². The van der Waals surface area contributed by atoms with Gasteiger partial charge in [0.25, 0.3) is 0 Å². The molecule has 0 saturated carbocycles. The van der Waals surface area contributed by atoms with Crippen molar-refractivity contribution in [3.05, 3.63) is 35.6 Å². The quantitative estimate of drug-likeness (QED) is 0.595. The van der Waals surface area contributed by atoms with E-state index in [0.717, 1.165) is 24.5 Å². The smallest absolute Gasteiger partial charge is 0.222 e. The predicted molar refractivity (Wildman–Crippen MR) is 103 cm³/mol. The number of hydrogen-bond acceptors (Lipinski definition) is 3. The van der Waals surface area contributed by atoms with Crippen molar-refractivity contribution in [3.8, 4) is 0 Å². The van der Waals surface area contributed by atoms with E-state index in [4.69, 9.17) is 0 Å². The van der Waals surface area contributed by atoms with Crippen molar-refractivity contribution in [2.45, 2.75) is 31.8 Å². The number of rotatable bonds is 6. The Morgan fingerprint density at radius 3 is 2.65 bits per heavy atom. The van der Waals surface area contributed by atoms with E-state index < -0.39 is 0 Å². The molecular formula is C19H30FN5O. The Kier molecular flexibility index (Phi) is 7.38. The largest absolute Gasteiger partial charge is 0.354 e. The van der Waals surface area contributed by atoms with Gasteiger partial charge in [0.15, 0.2) is 5.96 Å². The minimum absolute atomic E-state index is 0.0934. The van der Waals surface area contributed by atoms with Crippen LogP contribution in [0.25, 0.3) is 0 Å². The highest BCUT2D eigenvalue weighted by atomic mass is 19.1. The summed E-state index contributed by atoms with van der Waals surface area (Å²) in [5.74, 6) is 0.681. The lowest BCUT2D eigenvalue weighted by molar-refractivity contribution is -0.129. The third kappa shape index (κ3) is 5.42. The fourth-order valence-electron chi connectivity index (χ4n) is 3.19. The molecule has 2 N–H and O–H groups in total. The molecule has 7 heteroatoms. The second-order valence-corrected chi connectivity index (χ2v) is 6.81. The fourth-order valence-corrected chi connectivity index (χ4v) is 3.19. The van der Waals surface area contributed by atoms with Gasteiger partial charge in [-0.05, 0) is 38.2 Å². The van der Waals surface area contributed by atoms with E-state index in [1.807, 2.05) is 38.1 Å². The van der Waals surface area contributed by atoms with E-state index in [1.54, 1.807) is 7.05 Å². The lowest BCUT2D eigenvalue weighted by Crippen LogP contribution is -2.47. The number of likely N-dealkylation sites (N-methyl/N-ethyl adjacent to an activating group) is 1. The molecule has 0 aliphatic carbocycles. The maximum absolute atomic E-state index is 13.2. The molecule has 144 valence electrons. The number of hydrogen-bond donors (Lipinski definition) is 2. The SMILES string of the molecule is CCC(=O)N1CCC(NC(=NC)NCC(c2ccc(F)cc2)N(C)C)C1. The second kappa shape index (κ2) is 9.52. The number of amides is 1. The molecule has 0 aromatic heterocycles. The maximum Gasteiger partial charge on any atom is 0.222 e. The number of nitrogens with zero attached hydrogens (tertiary/aromatic N) is 3. The molecule has 0 bridgehead atoms. The number of carbonyl (C=O) groups is 1. The summed E-state index contributed by atoms with van der Waals surface area (Å²) in [5, 5.41) is 6.74. The third-order valence-corrected chi connectivity index (χ3v) is 4.75. The summed E-state index contributed by atoms with van der Waals surface area (Å²) in [4.78, 5) is 20.1. The van der Waals surface area contributed by atoms with E-state index in [-0.39, 0.29) is 23.8 Å². The van der Waals surface area contributed by atoms with Crippen molar-refractivity contribution in [1.82, 2.24) is 20.4 Å². The van der Waals surface area contributed by atoms with E-state index in [9.17, 15) is 9.18 Å². The van der Waals surface area contributed by atoms with Gasteiger partial charge in [0.1, 0.15) is 5.82 Å². The highest BCUT2D eigenvalue weighted by molar-refractivity contribution is 5.80. The van der Waals surface area contributed by atoms with Crippen molar-refractivity contribution in [2.75, 3.05) is 40.8 Å². The average Bonchev–Trinajstić information content (AvgIpc) is 3.10. The Morgan fingerprint density at radius 1 is 1.38 bits per heavy atom. The number of carbonyl (C=O) groups excluding carboxylic acids is 1. The summed E-state index contributed by atoms with van der Waals surface area (Å²) in [7, 11) is 5.73. The molecule has 0 spiro atoms. The van der Waals surface area contributed by atoms with Gasteiger partial charge in [-0.1, -0.05) is 19.1 Å². The minimum Gasteiger partial charge on any atom is -0.354 e. The summed E-state index contributed by atoms with van der Waals surface area (Å²) in [5.41, 5.74) is 1.04. The number of aliphatic imine (C=N–C) groups is 1. The van der Waals surface area contributed by atoms with E-state index >= 15 is 0 Å². The Balaban J connectivity index is 1.91. The Hall–Kier alpha value is -2.15. The van der Waals surface area contributed by atoms with Gasteiger partial charge in [0.05, 0.1) is 6.04 Å². The van der Waals surface area contributed by atoms with Gasteiger partial charge >= 0.3 is 0 Å². The van der Waals surface area contributed by atoms with E-state index in [0.29, 0.717) is 19.5 Å². The van der Waals surface area contributed by atoms with Crippen LogP contribution in [0.15, 0.2) is 29.3 Å². The lowest BCUT2D eigenvalue weighted by atomic mass is 10.1. The zero-order valence-corrected chi connectivity index (χ0v) is 16.1. The van der Waals surface area contributed by atoms with Gasteiger partial charge in [0.2, 0.25) is 5.91 Å². The van der Waals surface area contributed by atoms with Crippen molar-refractivity contribution in [2.24, 2.45) is 4.99 Å². The Bertz CT molecular complexity index is 617. The maximum atomic E-state index is 13.2. The summed E-state index contributed by atoms with van der Waals surface area (Å²) in [6.07, 6.45) is 1.46. The first-order chi connectivity index (χ1) is 12.4. The van der Waals surface area contributed by atoms with Crippen LogP contribution in [0.3, 0.4) is 0 Å². The molecule has 1 heterocycles. The van der Waals surface area contributed by atoms with Gasteiger partial charge in [-0.2, -0.15) is 0 Å². The van der Waals surface area contributed by atoms with Crippen LogP contribution in [-0.2, 0) is 4.79 Å². The average molecular weight is 363 g/mol. The van der Waals surface area contributed by atoms with Crippen LogP contribution in [0.1, 0.15) is 31.4 Å². The van der Waals surface area contributed by atoms with Crippen LogP contribution in [0.5, 0.6) is 0 Å². The molecule has 1 aromatic rings. The normalized spacial score (nSPS) is 18.9. The zero-order valence-electron chi connectivity index (χ0n) is 16.1. The second-order valence-electron chi connectivity index (χ2n) is 6.81. The number of guanidine groups is 1. The van der Waals surface area contributed by atoms with Crippen molar-refractivity contribution >= 4 is 11.9 Å². The van der Waals surface area contributed by atoms with Crippen molar-refractivity contribution in [1.29, 1.82) is 0 Å². The zero-order chi connectivity index (χ0) is 19.1. The number of halogens is 1. The van der Waals surface area contributed by atoms with Gasteiger partial charge < -0.3 is 20.4 Å². The molecule has 1 fully saturated rings. The van der Waals surface area contributed by atoms with Crippen LogP contribution in [0.4, 0.5) is 4.39 Å². The first kappa shape index (κ1) is 20.2. The number of nitrogens with one attached hydrogen (secondary N) is 2. The predicted octanol–water partition coefficient (Wildman–Crippen LogP) is 1.60. The van der Waals surface area contributed by atoms with Crippen molar-refractivity contribution in [3.63, 3.8) is 0 Å². The van der Waals surface area contributed by atoms with Crippen LogP contribution in [0.2, 0.25) is 0 Å². The summed E-state index contributed by atoms with van der Waals surface area (Å²) in [6, 6.07) is 6.89. The highest BCUT2D eigenvalue weighted by Gasteiger charge is 2.26. The molecular weight excluding hydrogens is 333 g/mol. The summed E-state index contributed by atoms with van der Waals surface area (Å²) in [6.45, 7) is 4.03. The minimum atomic E-state index is -0.232. The molecule has 1 aliphatic rings. The first-order valence-electron chi connectivity index (χ1n) is 9.11. The summed E-state index contributed by atoms with van der Waals surface area (Å²) < 4.78 is 13.2. The molecule has 2 atom stereocenters. The standard InChI is InChI=1S/C19H30FN5O/c1-5-18(26)25-11-10-16(13-25)23-19(21-2)22-12-17(24(3)4)14-6-8-15(20)9-7-14/h6-9,16-17H,5,10-13H2,1-4H3,(H2,21,22,23). The number of likely N-dealkylation sites (tertiary alicyclic amines) is 1. The van der Waals surface area contributed by atoms with Gasteiger partial charge in [-0.3, -0.25) is 9.79 Å². The van der Waals surface area contributed by atoms with Gasteiger partial charge in [-0.25, -0.2) is 4.39 Å².